The second kappa shape index (κ2) is 8.17. The molecule has 0 bridgehead atoms. The van der Waals surface area contributed by atoms with E-state index in [2.05, 4.69) is 4.74 Å². The number of hydrogen-bond donors (Lipinski definition) is 0. The summed E-state index contributed by atoms with van der Waals surface area (Å²) >= 11 is 0.826. The number of hydrogen-bond acceptors (Lipinski definition) is 8. The first kappa shape index (κ1) is 17.7. The third-order valence-electron chi connectivity index (χ3n) is 2.34. The molecule has 0 saturated carbocycles. The van der Waals surface area contributed by atoms with Crippen LogP contribution in [0.25, 0.3) is 0 Å². The second-order valence-electron chi connectivity index (χ2n) is 3.97. The molecule has 120 valence electrons. The minimum absolute atomic E-state index is 0.0274. The van der Waals surface area contributed by atoms with Crippen molar-refractivity contribution < 1.29 is 28.7 Å². The van der Waals surface area contributed by atoms with Crippen LogP contribution in [0.1, 0.15) is 19.5 Å². The van der Waals surface area contributed by atoms with Gasteiger partial charge in [0, 0.05) is 6.92 Å². The van der Waals surface area contributed by atoms with Crippen molar-refractivity contribution in [3.63, 3.8) is 0 Å². The first-order chi connectivity index (χ1) is 10.3. The van der Waals surface area contributed by atoms with Crippen molar-refractivity contribution in [2.45, 2.75) is 25.3 Å². The molecule has 0 unspecified atom stereocenters. The summed E-state index contributed by atoms with van der Waals surface area (Å²) in [6, 6.07) is 1.02. The van der Waals surface area contributed by atoms with Crippen molar-refractivity contribution >= 4 is 29.4 Å². The molecule has 9 nitrogen and oxygen atoms in total. The number of nitrogens with zero attached hydrogens (tertiary/aromatic N) is 2. The van der Waals surface area contributed by atoms with Crippen LogP contribution in [0.15, 0.2) is 17.2 Å². The van der Waals surface area contributed by atoms with Crippen molar-refractivity contribution in [1.82, 2.24) is 0 Å². The average molecular weight is 330 g/mol. The summed E-state index contributed by atoms with van der Waals surface area (Å²) in [5.74, 6) is -1.30. The minimum Gasteiger partial charge on any atom is -0.618 e. The Labute approximate surface area is 129 Å². The summed E-state index contributed by atoms with van der Waals surface area (Å²) in [6.45, 7) is 2.63. The summed E-state index contributed by atoms with van der Waals surface area (Å²) in [6.07, 6.45) is 0.973. The lowest BCUT2D eigenvalue weighted by Gasteiger charge is -2.07. The fraction of sp³-hybridized carbons (Fsp3) is 0.417. The standard InChI is InChI=1S/C12H14N2O7S/c1-3-20-12(16)7-22-11-5-13(17)9(6-21-8(2)15)4-10(11)14(18)19/h4-5H,3,6-7H2,1-2H3. The number of carbonyl (C=O) groups is 2. The monoisotopic (exact) mass is 330 g/mol. The van der Waals surface area contributed by atoms with Gasteiger partial charge in [-0.05, 0) is 6.92 Å². The zero-order chi connectivity index (χ0) is 16.7. The molecule has 0 aromatic carbocycles. The topological polar surface area (TPSA) is 123 Å². The number of thioether (sulfide) groups is 1. The van der Waals surface area contributed by atoms with Gasteiger partial charge >= 0.3 is 11.9 Å². The SMILES string of the molecule is CCOC(=O)CSc1c[n+]([O-])c(COC(C)=O)cc1[N+](=O)[O-]. The second-order valence-corrected chi connectivity index (χ2v) is 4.99. The van der Waals surface area contributed by atoms with Gasteiger partial charge in [-0.1, -0.05) is 0 Å². The summed E-state index contributed by atoms with van der Waals surface area (Å²) < 4.78 is 9.73. The molecular weight excluding hydrogens is 316 g/mol. The maximum absolute atomic E-state index is 11.8. The van der Waals surface area contributed by atoms with Crippen molar-refractivity contribution in [2.75, 3.05) is 12.4 Å². The highest BCUT2D eigenvalue weighted by Crippen LogP contribution is 2.28. The van der Waals surface area contributed by atoms with Crippen molar-refractivity contribution in [2.24, 2.45) is 0 Å². The maximum Gasteiger partial charge on any atom is 0.316 e. The number of rotatable bonds is 7. The van der Waals surface area contributed by atoms with Crippen LogP contribution in [0.4, 0.5) is 5.69 Å². The molecule has 0 N–H and O–H groups in total. The van der Waals surface area contributed by atoms with Gasteiger partial charge in [0.1, 0.15) is 0 Å². The van der Waals surface area contributed by atoms with E-state index in [9.17, 15) is 24.9 Å². The lowest BCUT2D eigenvalue weighted by atomic mass is 10.3. The number of carbonyl (C=O) groups excluding carboxylic acids is 2. The molecule has 0 fully saturated rings. The van der Waals surface area contributed by atoms with Crippen molar-refractivity contribution in [3.8, 4) is 0 Å². The van der Waals surface area contributed by atoms with Gasteiger partial charge in [-0.25, -0.2) is 0 Å². The number of pyridine rings is 1. The highest BCUT2D eigenvalue weighted by Gasteiger charge is 2.23. The van der Waals surface area contributed by atoms with Crippen LogP contribution in [-0.4, -0.2) is 29.2 Å². The quantitative estimate of drug-likeness (QED) is 0.181. The number of nitro groups is 1. The van der Waals surface area contributed by atoms with Crippen LogP contribution in [0.3, 0.4) is 0 Å². The molecule has 0 spiro atoms. The summed E-state index contributed by atoms with van der Waals surface area (Å²) in [7, 11) is 0. The van der Waals surface area contributed by atoms with E-state index in [1.807, 2.05) is 0 Å². The molecule has 0 saturated heterocycles. The molecule has 1 aromatic rings. The number of aromatic nitrogens is 1. The molecule has 0 atom stereocenters. The molecule has 10 heteroatoms. The zero-order valence-electron chi connectivity index (χ0n) is 11.9. The zero-order valence-corrected chi connectivity index (χ0v) is 12.8. The van der Waals surface area contributed by atoms with E-state index < -0.39 is 16.9 Å². The molecule has 1 aromatic heterocycles. The largest absolute Gasteiger partial charge is 0.618 e. The summed E-state index contributed by atoms with van der Waals surface area (Å²) in [5.41, 5.74) is -0.425. The van der Waals surface area contributed by atoms with Crippen LogP contribution < -0.4 is 4.73 Å². The average Bonchev–Trinajstić information content (AvgIpc) is 2.43. The third-order valence-corrected chi connectivity index (χ3v) is 3.35. The van der Waals surface area contributed by atoms with Crippen molar-refractivity contribution in [3.05, 3.63) is 33.3 Å². The van der Waals surface area contributed by atoms with Gasteiger partial charge < -0.3 is 14.7 Å². The van der Waals surface area contributed by atoms with Crippen LogP contribution in [0, 0.1) is 15.3 Å². The fourth-order valence-corrected chi connectivity index (χ4v) is 2.23. The van der Waals surface area contributed by atoms with E-state index >= 15 is 0 Å². The predicted octanol–water partition coefficient (Wildman–Crippen LogP) is 0.947. The highest BCUT2D eigenvalue weighted by atomic mass is 32.2. The molecular formula is C12H14N2O7S. The fourth-order valence-electron chi connectivity index (χ4n) is 1.42. The van der Waals surface area contributed by atoms with E-state index in [1.54, 1.807) is 6.92 Å². The molecule has 1 rings (SSSR count). The molecule has 0 aliphatic rings. The molecule has 0 aliphatic carbocycles. The number of esters is 2. The Morgan fingerprint density at radius 2 is 2.09 bits per heavy atom. The number of ether oxygens (including phenoxy) is 2. The lowest BCUT2D eigenvalue weighted by Crippen LogP contribution is -2.32. The van der Waals surface area contributed by atoms with Gasteiger partial charge in [-0.2, -0.15) is 4.73 Å². The Hall–Kier alpha value is -2.36. The molecule has 0 aliphatic heterocycles. The van der Waals surface area contributed by atoms with Gasteiger partial charge in [0.05, 0.1) is 23.3 Å². The van der Waals surface area contributed by atoms with Crippen molar-refractivity contribution in [1.29, 1.82) is 0 Å². The van der Waals surface area contributed by atoms with E-state index in [1.165, 1.54) is 0 Å². The van der Waals surface area contributed by atoms with Gasteiger partial charge in [0.25, 0.3) is 5.69 Å². The third kappa shape index (κ3) is 5.20. The van der Waals surface area contributed by atoms with Crippen LogP contribution in [-0.2, 0) is 25.7 Å². The summed E-state index contributed by atoms with van der Waals surface area (Å²) in [5, 5.41) is 22.8. The first-order valence-electron chi connectivity index (χ1n) is 6.17. The van der Waals surface area contributed by atoms with E-state index in [0.29, 0.717) is 4.73 Å². The summed E-state index contributed by atoms with van der Waals surface area (Å²) in [4.78, 5) is 32.4. The smallest absolute Gasteiger partial charge is 0.316 e. The van der Waals surface area contributed by atoms with Gasteiger partial charge in [-0.3, -0.25) is 19.7 Å². The van der Waals surface area contributed by atoms with Gasteiger partial charge in [0.15, 0.2) is 11.5 Å². The lowest BCUT2D eigenvalue weighted by molar-refractivity contribution is -0.619. The Morgan fingerprint density at radius 1 is 1.41 bits per heavy atom. The molecule has 0 amide bonds. The first-order valence-corrected chi connectivity index (χ1v) is 7.16. The molecule has 22 heavy (non-hydrogen) atoms. The van der Waals surface area contributed by atoms with E-state index in [-0.39, 0.29) is 35.2 Å². The van der Waals surface area contributed by atoms with Crippen LogP contribution >= 0.6 is 11.8 Å². The maximum atomic E-state index is 11.8. The van der Waals surface area contributed by atoms with Gasteiger partial charge in [0.2, 0.25) is 11.9 Å². The predicted molar refractivity (Wildman–Crippen MR) is 74.9 cm³/mol. The van der Waals surface area contributed by atoms with E-state index in [4.69, 9.17) is 4.74 Å². The Bertz CT molecular complexity index is 591. The van der Waals surface area contributed by atoms with Gasteiger partial charge in [-0.15, -0.1) is 11.8 Å². The Balaban J connectivity index is 2.97. The minimum atomic E-state index is -0.676. The Morgan fingerprint density at radius 3 is 2.64 bits per heavy atom. The highest BCUT2D eigenvalue weighted by molar-refractivity contribution is 8.00. The Kier molecular flexibility index (Phi) is 6.57. The molecule has 1 heterocycles. The van der Waals surface area contributed by atoms with E-state index in [0.717, 1.165) is 30.9 Å². The van der Waals surface area contributed by atoms with Crippen LogP contribution in [0.5, 0.6) is 0 Å². The molecule has 0 radical (unpaired) electrons. The van der Waals surface area contributed by atoms with Crippen LogP contribution in [0.2, 0.25) is 0 Å². The normalized spacial score (nSPS) is 10.1.